The van der Waals surface area contributed by atoms with Gasteiger partial charge in [0.1, 0.15) is 6.61 Å². The average Bonchev–Trinajstić information content (AvgIpc) is 3.00. The van der Waals surface area contributed by atoms with Crippen molar-refractivity contribution in [1.82, 2.24) is 5.32 Å². The smallest absolute Gasteiger partial charge is 0.408 e. The number of fused-ring (bicyclic) bond motifs is 3. The second-order valence-electron chi connectivity index (χ2n) is 6.99. The van der Waals surface area contributed by atoms with E-state index in [2.05, 4.69) is 17.4 Å². The van der Waals surface area contributed by atoms with Crippen LogP contribution in [-0.2, 0) is 9.53 Å². The predicted molar refractivity (Wildman–Crippen MR) is 112 cm³/mol. The van der Waals surface area contributed by atoms with Crippen LogP contribution in [0.3, 0.4) is 0 Å². The molecule has 1 atom stereocenters. The van der Waals surface area contributed by atoms with Crippen LogP contribution in [0.5, 0.6) is 0 Å². The number of amides is 1. The number of carboxylic acid groups (broad SMARTS) is 1. The summed E-state index contributed by atoms with van der Waals surface area (Å²) < 4.78 is 5.47. The molecule has 1 aliphatic rings. The molecule has 0 spiro atoms. The Morgan fingerprint density at radius 2 is 1.68 bits per heavy atom. The molecule has 0 saturated heterocycles. The van der Waals surface area contributed by atoms with Crippen LogP contribution in [0.1, 0.15) is 43.7 Å². The van der Waals surface area contributed by atoms with Crippen LogP contribution in [0.2, 0.25) is 0 Å². The molecule has 0 aliphatic heterocycles. The van der Waals surface area contributed by atoms with Crippen LogP contribution in [0.25, 0.3) is 11.1 Å². The van der Waals surface area contributed by atoms with Crippen LogP contribution in [0.4, 0.5) is 4.79 Å². The van der Waals surface area contributed by atoms with Crippen molar-refractivity contribution >= 4 is 23.8 Å². The van der Waals surface area contributed by atoms with E-state index in [9.17, 15) is 14.7 Å². The number of thioether (sulfide) groups is 1. The molecule has 2 N–H and O–H groups in total. The van der Waals surface area contributed by atoms with Gasteiger partial charge in [-0.1, -0.05) is 61.9 Å². The zero-order chi connectivity index (χ0) is 20.1. The zero-order valence-electron chi connectivity index (χ0n) is 16.1. The maximum absolute atomic E-state index is 12.4. The van der Waals surface area contributed by atoms with Crippen molar-refractivity contribution in [2.75, 3.05) is 12.4 Å². The molecule has 6 heteroatoms. The van der Waals surface area contributed by atoms with E-state index in [1.54, 1.807) is 0 Å². The number of hydrogen-bond donors (Lipinski definition) is 2. The minimum Gasteiger partial charge on any atom is -0.479 e. The Bertz CT molecular complexity index is 824. The van der Waals surface area contributed by atoms with E-state index in [1.807, 2.05) is 43.3 Å². The number of rotatable bonds is 8. The molecular formula is C22H25NO4S. The highest BCUT2D eigenvalue weighted by Gasteiger charge is 2.36. The van der Waals surface area contributed by atoms with Gasteiger partial charge in [-0.15, -0.1) is 11.8 Å². The molecule has 1 amide bonds. The number of ether oxygens (including phenoxy) is 1. The molecule has 0 heterocycles. The lowest BCUT2D eigenvalue weighted by molar-refractivity contribution is -0.140. The Labute approximate surface area is 169 Å². The van der Waals surface area contributed by atoms with E-state index < -0.39 is 16.9 Å². The molecule has 0 radical (unpaired) electrons. The monoisotopic (exact) mass is 399 g/mol. The molecule has 0 saturated carbocycles. The summed E-state index contributed by atoms with van der Waals surface area (Å²) in [6.45, 7) is 3.70. The number of carboxylic acids is 1. The van der Waals surface area contributed by atoms with Crippen LogP contribution < -0.4 is 5.32 Å². The third-order valence-electron chi connectivity index (χ3n) is 4.98. The summed E-state index contributed by atoms with van der Waals surface area (Å²) in [5, 5.41) is 12.1. The minimum absolute atomic E-state index is 0.0537. The highest BCUT2D eigenvalue weighted by Crippen LogP contribution is 2.44. The van der Waals surface area contributed by atoms with Crippen molar-refractivity contribution < 1.29 is 19.4 Å². The minimum atomic E-state index is -1.41. The van der Waals surface area contributed by atoms with Gasteiger partial charge in [0, 0.05) is 5.92 Å². The van der Waals surface area contributed by atoms with Gasteiger partial charge in [-0.2, -0.15) is 0 Å². The van der Waals surface area contributed by atoms with Gasteiger partial charge in [0.15, 0.2) is 4.87 Å². The van der Waals surface area contributed by atoms with Crippen LogP contribution in [0.15, 0.2) is 48.5 Å². The van der Waals surface area contributed by atoms with E-state index in [1.165, 1.54) is 18.7 Å². The number of alkyl carbamates (subject to hydrolysis) is 1. The van der Waals surface area contributed by atoms with E-state index in [-0.39, 0.29) is 12.5 Å². The molecule has 1 aliphatic carbocycles. The van der Waals surface area contributed by atoms with E-state index in [0.29, 0.717) is 5.75 Å². The molecule has 28 heavy (non-hydrogen) atoms. The van der Waals surface area contributed by atoms with Crippen molar-refractivity contribution in [3.63, 3.8) is 0 Å². The number of carbonyl (C=O) groups excluding carboxylic acids is 1. The van der Waals surface area contributed by atoms with Crippen molar-refractivity contribution in [3.8, 4) is 11.1 Å². The van der Waals surface area contributed by atoms with E-state index in [0.717, 1.165) is 35.1 Å². The number of unbranched alkanes of at least 4 members (excludes halogenated alkanes) is 1. The molecule has 3 rings (SSSR count). The largest absolute Gasteiger partial charge is 0.479 e. The van der Waals surface area contributed by atoms with Crippen LogP contribution in [-0.4, -0.2) is 34.4 Å². The molecule has 0 fully saturated rings. The maximum Gasteiger partial charge on any atom is 0.408 e. The number of aliphatic carboxylic acids is 1. The highest BCUT2D eigenvalue weighted by molar-refractivity contribution is 8.01. The van der Waals surface area contributed by atoms with Crippen molar-refractivity contribution in [1.29, 1.82) is 0 Å². The number of benzene rings is 2. The van der Waals surface area contributed by atoms with Gasteiger partial charge in [-0.25, -0.2) is 9.59 Å². The van der Waals surface area contributed by atoms with Gasteiger partial charge in [0.05, 0.1) is 0 Å². The van der Waals surface area contributed by atoms with Crippen LogP contribution in [0, 0.1) is 0 Å². The standard InChI is InChI=1S/C22H25NO4S/c1-3-4-13-28-22(2,20(24)25)23-21(26)27-14-19-17-11-7-5-9-15(17)16-10-6-8-12-18(16)19/h5-12,19H,3-4,13-14H2,1-2H3,(H,23,26)(H,24,25). The predicted octanol–water partition coefficient (Wildman–Crippen LogP) is 4.86. The lowest BCUT2D eigenvalue weighted by Gasteiger charge is -2.25. The van der Waals surface area contributed by atoms with Gasteiger partial charge in [0.25, 0.3) is 0 Å². The maximum atomic E-state index is 12.4. The number of nitrogens with one attached hydrogen (secondary N) is 1. The third-order valence-corrected chi connectivity index (χ3v) is 6.33. The summed E-state index contributed by atoms with van der Waals surface area (Å²) in [4.78, 5) is 22.6. The van der Waals surface area contributed by atoms with Gasteiger partial charge in [0.2, 0.25) is 0 Å². The lowest BCUT2D eigenvalue weighted by atomic mass is 9.98. The third kappa shape index (κ3) is 4.17. The second kappa shape index (κ2) is 8.69. The van der Waals surface area contributed by atoms with Gasteiger partial charge < -0.3 is 9.84 Å². The first-order valence-corrected chi connectivity index (χ1v) is 10.5. The number of hydrogen-bond acceptors (Lipinski definition) is 4. The quantitative estimate of drug-likeness (QED) is 0.490. The molecular weight excluding hydrogens is 374 g/mol. The number of carbonyl (C=O) groups is 2. The SMILES string of the molecule is CCCCSC(C)(NC(=O)OCC1c2ccccc2-c2ccccc21)C(=O)O. The highest BCUT2D eigenvalue weighted by atomic mass is 32.2. The van der Waals surface area contributed by atoms with Crippen molar-refractivity contribution in [2.24, 2.45) is 0 Å². The molecule has 2 aromatic carbocycles. The normalized spacial score (nSPS) is 14.6. The van der Waals surface area contributed by atoms with Gasteiger partial charge in [-0.05, 0) is 41.4 Å². The fourth-order valence-electron chi connectivity index (χ4n) is 3.40. The Morgan fingerprint density at radius 1 is 1.11 bits per heavy atom. The van der Waals surface area contributed by atoms with Crippen LogP contribution >= 0.6 is 11.8 Å². The molecule has 5 nitrogen and oxygen atoms in total. The summed E-state index contributed by atoms with van der Waals surface area (Å²) in [5.74, 6) is -0.479. The first kappa shape index (κ1) is 20.3. The molecule has 148 valence electrons. The summed E-state index contributed by atoms with van der Waals surface area (Å²) in [5.41, 5.74) is 4.54. The van der Waals surface area contributed by atoms with Crippen molar-refractivity contribution in [3.05, 3.63) is 59.7 Å². The van der Waals surface area contributed by atoms with Gasteiger partial charge >= 0.3 is 12.1 Å². The first-order valence-electron chi connectivity index (χ1n) is 9.46. The molecule has 1 unspecified atom stereocenters. The summed E-state index contributed by atoms with van der Waals surface area (Å²) in [7, 11) is 0. The molecule has 0 aromatic heterocycles. The average molecular weight is 400 g/mol. The lowest BCUT2D eigenvalue weighted by Crippen LogP contribution is -2.50. The van der Waals surface area contributed by atoms with E-state index >= 15 is 0 Å². The summed E-state index contributed by atoms with van der Waals surface area (Å²) >= 11 is 1.21. The molecule has 0 bridgehead atoms. The zero-order valence-corrected chi connectivity index (χ0v) is 16.9. The Hall–Kier alpha value is -2.47. The topological polar surface area (TPSA) is 75.6 Å². The first-order chi connectivity index (χ1) is 13.5. The fraction of sp³-hybridized carbons (Fsp3) is 0.364. The second-order valence-corrected chi connectivity index (χ2v) is 8.50. The van der Waals surface area contributed by atoms with E-state index in [4.69, 9.17) is 4.74 Å². The molecule has 2 aromatic rings. The van der Waals surface area contributed by atoms with Gasteiger partial charge in [-0.3, -0.25) is 5.32 Å². The Kier molecular flexibility index (Phi) is 6.29. The Balaban J connectivity index is 1.68. The summed E-state index contributed by atoms with van der Waals surface area (Å²) in [6.07, 6.45) is 1.14. The summed E-state index contributed by atoms with van der Waals surface area (Å²) in [6, 6.07) is 16.2. The van der Waals surface area contributed by atoms with Crippen molar-refractivity contribution in [2.45, 2.75) is 37.5 Å². The fourth-order valence-corrected chi connectivity index (χ4v) is 4.52. The Morgan fingerprint density at radius 3 is 2.21 bits per heavy atom.